The number of carbonyl (C=O) groups excluding carboxylic acids is 1. The lowest BCUT2D eigenvalue weighted by molar-refractivity contribution is 0.0964. The maximum absolute atomic E-state index is 11.0. The molecular formula is C6H5N3O3. The van der Waals surface area contributed by atoms with Gasteiger partial charge in [0, 0.05) is 0 Å². The fraction of sp³-hybridized carbons (Fsp3) is 0.167. The predicted octanol–water partition coefficient (Wildman–Crippen LogP) is -1.69. The standard InChI is InChI=1S/C6H5N3O3/c10-4-3-2(1-7-4)8-6(12)9-5(3)11/h1H2,(H,7,10)(H2,8,9,11,12). The van der Waals surface area contributed by atoms with Crippen molar-refractivity contribution in [1.82, 2.24) is 15.3 Å². The number of fused-ring (bicyclic) bond motifs is 1. The first kappa shape index (κ1) is 6.84. The van der Waals surface area contributed by atoms with Crippen LogP contribution in [-0.4, -0.2) is 15.9 Å². The number of amides is 1. The smallest absolute Gasteiger partial charge is 0.325 e. The molecule has 0 fully saturated rings. The molecule has 0 atom stereocenters. The van der Waals surface area contributed by atoms with Gasteiger partial charge in [-0.1, -0.05) is 0 Å². The molecule has 2 rings (SSSR count). The number of aromatic nitrogens is 2. The Bertz CT molecular complexity index is 456. The van der Waals surface area contributed by atoms with Crippen molar-refractivity contribution in [1.29, 1.82) is 0 Å². The zero-order valence-corrected chi connectivity index (χ0v) is 5.93. The Hall–Kier alpha value is -1.85. The molecule has 0 bridgehead atoms. The summed E-state index contributed by atoms with van der Waals surface area (Å²) in [5, 5.41) is 2.42. The number of hydrogen-bond donors (Lipinski definition) is 3. The summed E-state index contributed by atoms with van der Waals surface area (Å²) < 4.78 is 0. The number of rotatable bonds is 0. The fourth-order valence-electron chi connectivity index (χ4n) is 1.16. The molecule has 0 saturated carbocycles. The first-order valence-electron chi connectivity index (χ1n) is 3.32. The normalized spacial score (nSPS) is 14.2. The number of carbonyl (C=O) groups is 1. The quantitative estimate of drug-likeness (QED) is 0.430. The summed E-state index contributed by atoms with van der Waals surface area (Å²) >= 11 is 0. The van der Waals surface area contributed by atoms with E-state index in [2.05, 4.69) is 10.3 Å². The van der Waals surface area contributed by atoms with Crippen LogP contribution in [0.5, 0.6) is 0 Å². The first-order chi connectivity index (χ1) is 5.68. The second kappa shape index (κ2) is 2.07. The van der Waals surface area contributed by atoms with Crippen molar-refractivity contribution in [2.24, 2.45) is 0 Å². The van der Waals surface area contributed by atoms with E-state index in [9.17, 15) is 14.4 Å². The van der Waals surface area contributed by atoms with Gasteiger partial charge < -0.3 is 10.3 Å². The maximum Gasteiger partial charge on any atom is 0.325 e. The first-order valence-corrected chi connectivity index (χ1v) is 3.32. The highest BCUT2D eigenvalue weighted by Crippen LogP contribution is 2.03. The summed E-state index contributed by atoms with van der Waals surface area (Å²) in [5.41, 5.74) is -0.859. The topological polar surface area (TPSA) is 94.8 Å². The Balaban J connectivity index is 2.85. The second-order valence-electron chi connectivity index (χ2n) is 2.44. The van der Waals surface area contributed by atoms with Crippen molar-refractivity contribution < 1.29 is 4.79 Å². The van der Waals surface area contributed by atoms with Crippen molar-refractivity contribution in [3.63, 3.8) is 0 Å². The van der Waals surface area contributed by atoms with E-state index in [1.165, 1.54) is 0 Å². The zero-order chi connectivity index (χ0) is 8.72. The lowest BCUT2D eigenvalue weighted by Crippen LogP contribution is -2.28. The monoisotopic (exact) mass is 167 g/mol. The van der Waals surface area contributed by atoms with E-state index in [0.717, 1.165) is 0 Å². The third kappa shape index (κ3) is 0.777. The Morgan fingerprint density at radius 3 is 2.58 bits per heavy atom. The molecule has 1 aliphatic heterocycles. The van der Waals surface area contributed by atoms with Crippen molar-refractivity contribution in [2.75, 3.05) is 0 Å². The lowest BCUT2D eigenvalue weighted by atomic mass is 10.3. The van der Waals surface area contributed by atoms with Gasteiger partial charge in [0.05, 0.1) is 12.2 Å². The minimum Gasteiger partial charge on any atom is -0.346 e. The predicted molar refractivity (Wildman–Crippen MR) is 38.9 cm³/mol. The van der Waals surface area contributed by atoms with Gasteiger partial charge in [0.1, 0.15) is 5.56 Å². The molecule has 0 aliphatic carbocycles. The van der Waals surface area contributed by atoms with Crippen molar-refractivity contribution in [3.05, 3.63) is 32.1 Å². The summed E-state index contributed by atoms with van der Waals surface area (Å²) in [6.45, 7) is 0.216. The van der Waals surface area contributed by atoms with Gasteiger partial charge in [-0.2, -0.15) is 0 Å². The molecule has 0 radical (unpaired) electrons. The summed E-state index contributed by atoms with van der Waals surface area (Å²) in [7, 11) is 0. The molecule has 0 spiro atoms. The average molecular weight is 167 g/mol. The molecule has 1 aromatic heterocycles. The summed E-state index contributed by atoms with van der Waals surface area (Å²) in [4.78, 5) is 37.0. The van der Waals surface area contributed by atoms with E-state index >= 15 is 0 Å². The highest BCUT2D eigenvalue weighted by Gasteiger charge is 2.23. The molecule has 1 aromatic rings. The van der Waals surface area contributed by atoms with Gasteiger partial charge in [-0.05, 0) is 0 Å². The van der Waals surface area contributed by atoms with Crippen LogP contribution in [0.3, 0.4) is 0 Å². The third-order valence-electron chi connectivity index (χ3n) is 1.67. The molecule has 0 aromatic carbocycles. The van der Waals surface area contributed by atoms with Crippen LogP contribution in [0.4, 0.5) is 0 Å². The number of aromatic amines is 2. The SMILES string of the molecule is O=C1NCc2[nH]c(=O)[nH]c(=O)c21. The Labute approximate surface area is 65.6 Å². The summed E-state index contributed by atoms with van der Waals surface area (Å²) in [6.07, 6.45) is 0. The number of H-pyrrole nitrogens is 2. The van der Waals surface area contributed by atoms with Gasteiger partial charge in [0.25, 0.3) is 11.5 Å². The number of hydrogen-bond acceptors (Lipinski definition) is 3. The van der Waals surface area contributed by atoms with Gasteiger partial charge in [-0.3, -0.25) is 14.6 Å². The van der Waals surface area contributed by atoms with E-state index in [1.54, 1.807) is 0 Å². The van der Waals surface area contributed by atoms with E-state index in [0.29, 0.717) is 5.69 Å². The van der Waals surface area contributed by atoms with Gasteiger partial charge >= 0.3 is 5.69 Å². The van der Waals surface area contributed by atoms with Crippen LogP contribution in [0.1, 0.15) is 16.1 Å². The van der Waals surface area contributed by atoms with Gasteiger partial charge in [-0.15, -0.1) is 0 Å². The minimum absolute atomic E-state index is 0.00889. The molecule has 62 valence electrons. The van der Waals surface area contributed by atoms with Crippen LogP contribution in [0.15, 0.2) is 9.59 Å². The minimum atomic E-state index is -0.635. The van der Waals surface area contributed by atoms with Gasteiger partial charge in [0.15, 0.2) is 0 Å². The van der Waals surface area contributed by atoms with Gasteiger partial charge in [0.2, 0.25) is 0 Å². The van der Waals surface area contributed by atoms with E-state index in [4.69, 9.17) is 0 Å². The largest absolute Gasteiger partial charge is 0.346 e. The van der Waals surface area contributed by atoms with Crippen LogP contribution in [0.25, 0.3) is 0 Å². The molecule has 1 amide bonds. The Morgan fingerprint density at radius 1 is 1.08 bits per heavy atom. The molecule has 0 saturated heterocycles. The number of nitrogens with one attached hydrogen (secondary N) is 3. The highest BCUT2D eigenvalue weighted by atomic mass is 16.2. The fourth-order valence-corrected chi connectivity index (χ4v) is 1.16. The van der Waals surface area contributed by atoms with Gasteiger partial charge in [-0.25, -0.2) is 4.79 Å². The molecule has 3 N–H and O–H groups in total. The zero-order valence-electron chi connectivity index (χ0n) is 5.93. The molecule has 12 heavy (non-hydrogen) atoms. The van der Waals surface area contributed by atoms with E-state index in [1.807, 2.05) is 4.98 Å². The van der Waals surface area contributed by atoms with E-state index < -0.39 is 17.2 Å². The molecule has 6 nitrogen and oxygen atoms in total. The van der Waals surface area contributed by atoms with Crippen LogP contribution in [0, 0.1) is 0 Å². The molecule has 1 aliphatic rings. The van der Waals surface area contributed by atoms with Crippen LogP contribution >= 0.6 is 0 Å². The van der Waals surface area contributed by atoms with E-state index in [-0.39, 0.29) is 12.1 Å². The average Bonchev–Trinajstić information content (AvgIpc) is 2.31. The molecule has 2 heterocycles. The molecule has 0 unspecified atom stereocenters. The Morgan fingerprint density at radius 2 is 1.83 bits per heavy atom. The molecular weight excluding hydrogens is 162 g/mol. The Kier molecular flexibility index (Phi) is 1.18. The van der Waals surface area contributed by atoms with Crippen molar-refractivity contribution >= 4 is 5.91 Å². The summed E-state index contributed by atoms with van der Waals surface area (Å²) in [5.74, 6) is -0.442. The maximum atomic E-state index is 11.0. The lowest BCUT2D eigenvalue weighted by Gasteiger charge is -1.90. The molecule has 6 heteroatoms. The summed E-state index contributed by atoms with van der Waals surface area (Å²) in [6, 6.07) is 0. The van der Waals surface area contributed by atoms with Crippen LogP contribution < -0.4 is 16.6 Å². The van der Waals surface area contributed by atoms with Crippen molar-refractivity contribution in [3.8, 4) is 0 Å². The van der Waals surface area contributed by atoms with Crippen LogP contribution in [0.2, 0.25) is 0 Å². The third-order valence-corrected chi connectivity index (χ3v) is 1.67. The second-order valence-corrected chi connectivity index (χ2v) is 2.44. The van der Waals surface area contributed by atoms with Crippen LogP contribution in [-0.2, 0) is 6.54 Å². The van der Waals surface area contributed by atoms with Crippen molar-refractivity contribution in [2.45, 2.75) is 6.54 Å². The highest BCUT2D eigenvalue weighted by molar-refractivity contribution is 5.97.